The molecule has 0 radical (unpaired) electrons. The van der Waals surface area contributed by atoms with Gasteiger partial charge in [-0.05, 0) is 44.9 Å². The Kier molecular flexibility index (Phi) is 43.6. The lowest BCUT2D eigenvalue weighted by molar-refractivity contribution is -0.870. The zero-order valence-corrected chi connectivity index (χ0v) is 42.2. The van der Waals surface area contributed by atoms with E-state index in [0.29, 0.717) is 17.4 Å². The fraction of sp³-hybridized carbons (Fsp3) is 0.885. The highest BCUT2D eigenvalue weighted by Crippen LogP contribution is 2.38. The summed E-state index contributed by atoms with van der Waals surface area (Å²) in [6.07, 6.45) is 50.6. The number of esters is 2. The molecule has 0 aromatic carbocycles. The summed E-state index contributed by atoms with van der Waals surface area (Å²) >= 11 is 0. The number of carbonyl (C=O) groups is 2. The molecular weight excluding hydrogens is 798 g/mol. The summed E-state index contributed by atoms with van der Waals surface area (Å²) in [6, 6.07) is 0. The Morgan fingerprint density at radius 3 is 1.29 bits per heavy atom. The minimum Gasteiger partial charge on any atom is -0.756 e. The smallest absolute Gasteiger partial charge is 0.306 e. The maximum Gasteiger partial charge on any atom is 0.306 e. The van der Waals surface area contributed by atoms with Gasteiger partial charge in [-0.1, -0.05) is 212 Å². The van der Waals surface area contributed by atoms with E-state index >= 15 is 0 Å². The van der Waals surface area contributed by atoms with Gasteiger partial charge >= 0.3 is 11.9 Å². The van der Waals surface area contributed by atoms with Gasteiger partial charge in [0.25, 0.3) is 7.82 Å². The quantitative estimate of drug-likeness (QED) is 0.0195. The topological polar surface area (TPSA) is 111 Å². The summed E-state index contributed by atoms with van der Waals surface area (Å²) in [7, 11) is 1.17. The zero-order chi connectivity index (χ0) is 45.7. The van der Waals surface area contributed by atoms with Crippen molar-refractivity contribution in [2.75, 3.05) is 47.5 Å². The molecular formula is C52H100NO8P. The molecule has 0 aromatic heterocycles. The van der Waals surface area contributed by atoms with Gasteiger partial charge in [0.15, 0.2) is 6.10 Å². The van der Waals surface area contributed by atoms with E-state index in [4.69, 9.17) is 18.5 Å². The Morgan fingerprint density at radius 1 is 0.500 bits per heavy atom. The van der Waals surface area contributed by atoms with Gasteiger partial charge in [-0.2, -0.15) is 0 Å². The molecule has 0 aromatic rings. The van der Waals surface area contributed by atoms with Gasteiger partial charge in [0.1, 0.15) is 19.8 Å². The number of phosphoric ester groups is 1. The van der Waals surface area contributed by atoms with E-state index in [-0.39, 0.29) is 32.0 Å². The molecule has 0 rings (SSSR count). The number of carbonyl (C=O) groups excluding carboxylic acids is 2. The molecule has 0 saturated carbocycles. The van der Waals surface area contributed by atoms with E-state index in [1.54, 1.807) is 0 Å². The molecule has 0 aliphatic rings. The molecule has 366 valence electrons. The molecule has 0 spiro atoms. The maximum atomic E-state index is 12.7. The third-order valence-electron chi connectivity index (χ3n) is 11.5. The van der Waals surface area contributed by atoms with Gasteiger partial charge in [0, 0.05) is 12.8 Å². The van der Waals surface area contributed by atoms with Crippen molar-refractivity contribution < 1.29 is 42.1 Å². The van der Waals surface area contributed by atoms with Crippen LogP contribution in [0, 0.1) is 0 Å². The highest BCUT2D eigenvalue weighted by Gasteiger charge is 2.21. The van der Waals surface area contributed by atoms with Crippen LogP contribution in [0.1, 0.15) is 245 Å². The number of quaternary nitrogens is 1. The number of hydrogen-bond acceptors (Lipinski definition) is 8. The number of likely N-dealkylation sites (N-methyl/N-ethyl adjacent to an activating group) is 1. The second-order valence-electron chi connectivity index (χ2n) is 18.9. The predicted octanol–water partition coefficient (Wildman–Crippen LogP) is 14.8. The van der Waals surface area contributed by atoms with Crippen LogP contribution in [0.4, 0.5) is 0 Å². The first kappa shape index (κ1) is 60.5. The van der Waals surface area contributed by atoms with Crippen molar-refractivity contribution >= 4 is 19.8 Å². The Labute approximate surface area is 383 Å². The van der Waals surface area contributed by atoms with Crippen LogP contribution < -0.4 is 4.89 Å². The van der Waals surface area contributed by atoms with Crippen LogP contribution in [-0.2, 0) is 32.7 Å². The van der Waals surface area contributed by atoms with E-state index in [9.17, 15) is 19.0 Å². The van der Waals surface area contributed by atoms with E-state index in [0.717, 1.165) is 51.4 Å². The third-order valence-corrected chi connectivity index (χ3v) is 12.4. The average molecular weight is 898 g/mol. The normalized spacial score (nSPS) is 13.6. The molecule has 0 bridgehead atoms. The van der Waals surface area contributed by atoms with Crippen LogP contribution in [0.15, 0.2) is 24.3 Å². The van der Waals surface area contributed by atoms with E-state index in [1.165, 1.54) is 161 Å². The van der Waals surface area contributed by atoms with E-state index in [2.05, 4.69) is 38.2 Å². The Hall–Kier alpha value is -1.51. The number of phosphoric acid groups is 1. The lowest BCUT2D eigenvalue weighted by Gasteiger charge is -2.28. The predicted molar refractivity (Wildman–Crippen MR) is 259 cm³/mol. The molecule has 62 heavy (non-hydrogen) atoms. The summed E-state index contributed by atoms with van der Waals surface area (Å²) in [6.45, 7) is 4.25. The monoisotopic (exact) mass is 898 g/mol. The highest BCUT2D eigenvalue weighted by molar-refractivity contribution is 7.45. The van der Waals surface area contributed by atoms with Gasteiger partial charge in [-0.25, -0.2) is 0 Å². The Morgan fingerprint density at radius 2 is 0.871 bits per heavy atom. The molecule has 2 atom stereocenters. The van der Waals surface area contributed by atoms with Gasteiger partial charge in [0.2, 0.25) is 0 Å². The van der Waals surface area contributed by atoms with Crippen molar-refractivity contribution in [1.29, 1.82) is 0 Å². The Bertz CT molecular complexity index is 1110. The van der Waals surface area contributed by atoms with Gasteiger partial charge < -0.3 is 27.9 Å². The number of rotatable bonds is 48. The largest absolute Gasteiger partial charge is 0.756 e. The second-order valence-corrected chi connectivity index (χ2v) is 20.3. The van der Waals surface area contributed by atoms with Crippen LogP contribution >= 0.6 is 7.82 Å². The summed E-state index contributed by atoms with van der Waals surface area (Å²) < 4.78 is 34.1. The summed E-state index contributed by atoms with van der Waals surface area (Å²) in [5, 5.41) is 0. The summed E-state index contributed by atoms with van der Waals surface area (Å²) in [4.78, 5) is 37.7. The van der Waals surface area contributed by atoms with Crippen LogP contribution in [0.25, 0.3) is 0 Å². The van der Waals surface area contributed by atoms with Crippen LogP contribution in [0.5, 0.6) is 0 Å². The van der Waals surface area contributed by atoms with Crippen LogP contribution in [0.2, 0.25) is 0 Å². The van der Waals surface area contributed by atoms with Crippen molar-refractivity contribution in [3.8, 4) is 0 Å². The summed E-state index contributed by atoms with van der Waals surface area (Å²) in [5.74, 6) is -0.830. The third kappa shape index (κ3) is 48.0. The number of hydrogen-bond donors (Lipinski definition) is 0. The highest BCUT2D eigenvalue weighted by atomic mass is 31.2. The van der Waals surface area contributed by atoms with Crippen molar-refractivity contribution in [3.05, 3.63) is 24.3 Å². The van der Waals surface area contributed by atoms with E-state index in [1.807, 2.05) is 21.1 Å². The first-order chi connectivity index (χ1) is 30.0. The minimum absolute atomic E-state index is 0.0303. The molecule has 0 aliphatic heterocycles. The van der Waals surface area contributed by atoms with Crippen molar-refractivity contribution in [2.45, 2.75) is 251 Å². The maximum absolute atomic E-state index is 12.7. The molecule has 9 nitrogen and oxygen atoms in total. The van der Waals surface area contributed by atoms with Crippen LogP contribution in [0.3, 0.4) is 0 Å². The first-order valence-corrected chi connectivity index (χ1v) is 27.5. The Balaban J connectivity index is 4.22. The molecule has 2 unspecified atom stereocenters. The molecule has 0 fully saturated rings. The SMILES string of the molecule is CCCCCC/C=C\C/C=C\CCCCCCCCCC(=O)OC(COC(=O)CCCCCCCCCCCCCCCCCCCCCC)COP(=O)([O-])OCC[N+](C)(C)C. The van der Waals surface area contributed by atoms with Gasteiger partial charge in [-0.15, -0.1) is 0 Å². The number of unbranched alkanes of at least 4 members (excludes halogenated alkanes) is 30. The standard InChI is InChI=1S/C52H100NO8P/c1-6-8-10-12-14-16-18-20-22-24-26-27-29-30-32-34-36-38-40-42-44-51(54)58-48-50(49-60-62(56,57)59-47-46-53(3,4)5)61-52(55)45-43-41-39-37-35-33-31-28-25-23-21-19-17-15-13-11-9-7-2/h17,19,23,25,50H,6-16,18,20-22,24,26-49H2,1-5H3/b19-17-,25-23-. The fourth-order valence-corrected chi connectivity index (χ4v) is 8.12. The molecule has 10 heteroatoms. The lowest BCUT2D eigenvalue weighted by Crippen LogP contribution is -2.37. The number of nitrogens with zero attached hydrogens (tertiary/aromatic N) is 1. The van der Waals surface area contributed by atoms with Crippen molar-refractivity contribution in [1.82, 2.24) is 0 Å². The van der Waals surface area contributed by atoms with Gasteiger partial charge in [-0.3, -0.25) is 14.2 Å². The van der Waals surface area contributed by atoms with Crippen molar-refractivity contribution in [2.24, 2.45) is 0 Å². The molecule has 0 amide bonds. The average Bonchev–Trinajstić information content (AvgIpc) is 3.23. The molecule has 0 aliphatic carbocycles. The molecule has 0 heterocycles. The van der Waals surface area contributed by atoms with Crippen LogP contribution in [-0.4, -0.2) is 70.0 Å². The van der Waals surface area contributed by atoms with Gasteiger partial charge in [0.05, 0.1) is 27.7 Å². The number of ether oxygens (including phenoxy) is 2. The lowest BCUT2D eigenvalue weighted by atomic mass is 10.0. The minimum atomic E-state index is -4.63. The molecule has 0 N–H and O–H groups in total. The molecule has 0 saturated heterocycles. The van der Waals surface area contributed by atoms with E-state index < -0.39 is 26.5 Å². The summed E-state index contributed by atoms with van der Waals surface area (Å²) in [5.41, 5.74) is 0. The number of allylic oxidation sites excluding steroid dienone is 4. The second kappa shape index (κ2) is 44.7. The fourth-order valence-electron chi connectivity index (χ4n) is 7.39. The first-order valence-electron chi connectivity index (χ1n) is 26.0. The zero-order valence-electron chi connectivity index (χ0n) is 41.3. The van der Waals surface area contributed by atoms with Crippen molar-refractivity contribution in [3.63, 3.8) is 0 Å².